The van der Waals surface area contributed by atoms with Crippen molar-refractivity contribution in [2.75, 3.05) is 20.3 Å². The molecular weight excluding hydrogens is 338 g/mol. The van der Waals surface area contributed by atoms with Crippen molar-refractivity contribution < 1.29 is 19.1 Å². The molecule has 0 aromatic heterocycles. The average molecular weight is 357 g/mol. The van der Waals surface area contributed by atoms with Crippen LogP contribution in [0.5, 0.6) is 11.5 Å². The van der Waals surface area contributed by atoms with Crippen LogP contribution in [-0.2, 0) is 11.2 Å². The van der Waals surface area contributed by atoms with Crippen molar-refractivity contribution in [3.05, 3.63) is 40.8 Å². The van der Waals surface area contributed by atoms with E-state index in [2.05, 4.69) is 12.5 Å². The first kappa shape index (κ1) is 18.7. The van der Waals surface area contributed by atoms with E-state index in [0.717, 1.165) is 27.8 Å². The van der Waals surface area contributed by atoms with Gasteiger partial charge in [-0.3, -0.25) is 14.5 Å². The number of rotatable bonds is 7. The fraction of sp³-hybridized carbons (Fsp3) is 0.263. The molecule has 1 aliphatic rings. The van der Waals surface area contributed by atoms with Gasteiger partial charge in [0.1, 0.15) is 6.61 Å². The third-order valence-electron chi connectivity index (χ3n) is 3.40. The van der Waals surface area contributed by atoms with Gasteiger partial charge in [0.2, 0.25) is 0 Å². The number of carbonyl (C=O) groups excluding carboxylic acids is 2. The van der Waals surface area contributed by atoms with Crippen LogP contribution in [0.15, 0.2) is 29.7 Å². The summed E-state index contributed by atoms with van der Waals surface area (Å²) in [5.41, 5.74) is 1.59. The number of likely N-dealkylation sites (N-methyl/N-ethyl adjacent to an activating group) is 1. The van der Waals surface area contributed by atoms with Gasteiger partial charge >= 0.3 is 0 Å². The topological polar surface area (TPSA) is 55.8 Å². The molecule has 0 spiro atoms. The smallest absolute Gasteiger partial charge is 0.293 e. The predicted octanol–water partition coefficient (Wildman–Crippen LogP) is 3.49. The Balaban J connectivity index is 2.49. The third-order valence-corrected chi connectivity index (χ3v) is 4.36. The molecule has 0 aliphatic carbocycles. The first-order valence-corrected chi connectivity index (χ1v) is 8.51. The van der Waals surface area contributed by atoms with Crippen molar-refractivity contribution in [3.8, 4) is 23.8 Å². The van der Waals surface area contributed by atoms with Crippen molar-refractivity contribution in [1.82, 2.24) is 4.90 Å². The maximum absolute atomic E-state index is 12.1. The monoisotopic (exact) mass is 357 g/mol. The average Bonchev–Trinajstić information content (AvgIpc) is 2.82. The Hall–Kier alpha value is -2.65. The van der Waals surface area contributed by atoms with E-state index in [4.69, 9.17) is 15.9 Å². The zero-order valence-electron chi connectivity index (χ0n) is 14.2. The Kier molecular flexibility index (Phi) is 6.31. The minimum Gasteiger partial charge on any atom is -0.490 e. The quantitative estimate of drug-likeness (QED) is 0.425. The number of thioether (sulfide) groups is 1. The normalized spacial score (nSPS) is 15.4. The molecule has 25 heavy (non-hydrogen) atoms. The van der Waals surface area contributed by atoms with Gasteiger partial charge < -0.3 is 9.47 Å². The summed E-state index contributed by atoms with van der Waals surface area (Å²) >= 11 is 0.913. The predicted molar refractivity (Wildman–Crippen MR) is 99.6 cm³/mol. The summed E-state index contributed by atoms with van der Waals surface area (Å²) in [5.74, 6) is 3.23. The van der Waals surface area contributed by atoms with Crippen molar-refractivity contribution in [3.63, 3.8) is 0 Å². The molecule has 0 radical (unpaired) electrons. The maximum Gasteiger partial charge on any atom is 0.293 e. The number of terminal acetylenes is 1. The molecule has 1 heterocycles. The van der Waals surface area contributed by atoms with E-state index in [1.165, 1.54) is 7.05 Å². The van der Waals surface area contributed by atoms with Gasteiger partial charge in [-0.1, -0.05) is 12.0 Å². The van der Waals surface area contributed by atoms with E-state index in [0.29, 0.717) is 29.4 Å². The van der Waals surface area contributed by atoms with Crippen molar-refractivity contribution in [2.24, 2.45) is 0 Å². The number of amides is 2. The zero-order chi connectivity index (χ0) is 18.4. The van der Waals surface area contributed by atoms with Crippen LogP contribution in [-0.4, -0.2) is 36.3 Å². The molecule has 2 rings (SSSR count). The number of imide groups is 1. The van der Waals surface area contributed by atoms with Gasteiger partial charge in [-0.2, -0.15) is 0 Å². The molecule has 2 amide bonds. The van der Waals surface area contributed by atoms with Crippen LogP contribution in [0, 0.1) is 12.3 Å². The first-order valence-electron chi connectivity index (χ1n) is 7.70. The fourth-order valence-electron chi connectivity index (χ4n) is 2.31. The highest BCUT2D eigenvalue weighted by molar-refractivity contribution is 8.18. The van der Waals surface area contributed by atoms with Gasteiger partial charge in [0.05, 0.1) is 11.5 Å². The van der Waals surface area contributed by atoms with Crippen LogP contribution in [0.2, 0.25) is 0 Å². The highest BCUT2D eigenvalue weighted by Gasteiger charge is 2.31. The number of nitrogens with zero attached hydrogens (tertiary/aromatic N) is 1. The second-order valence-electron chi connectivity index (χ2n) is 5.17. The second-order valence-corrected chi connectivity index (χ2v) is 6.16. The number of allylic oxidation sites excluding steroid dienone is 1. The lowest BCUT2D eigenvalue weighted by atomic mass is 10.0. The van der Waals surface area contributed by atoms with Crippen LogP contribution in [0.25, 0.3) is 6.08 Å². The largest absolute Gasteiger partial charge is 0.490 e. The lowest BCUT2D eigenvalue weighted by molar-refractivity contribution is -0.121. The van der Waals surface area contributed by atoms with Gasteiger partial charge in [0.25, 0.3) is 11.1 Å². The van der Waals surface area contributed by atoms with Crippen molar-refractivity contribution in [1.29, 1.82) is 0 Å². The number of benzene rings is 1. The van der Waals surface area contributed by atoms with Crippen molar-refractivity contribution in [2.45, 2.75) is 13.3 Å². The molecule has 0 bridgehead atoms. The van der Waals surface area contributed by atoms with E-state index in [9.17, 15) is 9.59 Å². The Labute approximate surface area is 151 Å². The van der Waals surface area contributed by atoms with Gasteiger partial charge in [0, 0.05) is 12.6 Å². The molecule has 1 fully saturated rings. The summed E-state index contributed by atoms with van der Waals surface area (Å²) in [6.45, 7) is 6.20. The van der Waals surface area contributed by atoms with Crippen LogP contribution in [0.1, 0.15) is 18.1 Å². The number of carbonyl (C=O) groups is 2. The van der Waals surface area contributed by atoms with Gasteiger partial charge in [-0.05, 0) is 48.9 Å². The summed E-state index contributed by atoms with van der Waals surface area (Å²) in [7, 11) is 1.46. The Morgan fingerprint density at radius 3 is 2.68 bits per heavy atom. The molecule has 6 heteroatoms. The van der Waals surface area contributed by atoms with Crippen LogP contribution < -0.4 is 9.47 Å². The summed E-state index contributed by atoms with van der Waals surface area (Å²) in [4.78, 5) is 25.2. The summed E-state index contributed by atoms with van der Waals surface area (Å²) in [6, 6.07) is 3.64. The van der Waals surface area contributed by atoms with Gasteiger partial charge in [-0.25, -0.2) is 0 Å². The SMILES string of the molecule is C#CCOc1c(CC=C)cc(/C=C2\SC(=O)N(C)C2=O)cc1OCC. The molecule has 130 valence electrons. The molecule has 1 aromatic rings. The molecule has 0 atom stereocenters. The highest BCUT2D eigenvalue weighted by Crippen LogP contribution is 2.37. The summed E-state index contributed by atoms with van der Waals surface area (Å²) < 4.78 is 11.3. The molecular formula is C19H19NO4S. The lowest BCUT2D eigenvalue weighted by Crippen LogP contribution is -2.22. The molecule has 5 nitrogen and oxygen atoms in total. The third kappa shape index (κ3) is 4.25. The minimum absolute atomic E-state index is 0.123. The van der Waals surface area contributed by atoms with Crippen LogP contribution >= 0.6 is 11.8 Å². The molecule has 1 aromatic carbocycles. The van der Waals surface area contributed by atoms with E-state index in [1.807, 2.05) is 13.0 Å². The lowest BCUT2D eigenvalue weighted by Gasteiger charge is -2.15. The molecule has 1 aliphatic heterocycles. The molecule has 0 N–H and O–H groups in total. The summed E-state index contributed by atoms with van der Waals surface area (Å²) in [5, 5.41) is -0.290. The van der Waals surface area contributed by atoms with Crippen molar-refractivity contribution >= 4 is 29.0 Å². The Bertz CT molecular complexity index is 776. The molecule has 1 saturated heterocycles. The zero-order valence-corrected chi connectivity index (χ0v) is 15.0. The van der Waals surface area contributed by atoms with E-state index in [-0.39, 0.29) is 17.8 Å². The first-order chi connectivity index (χ1) is 12.0. The standard InChI is InChI=1S/C19H19NO4S/c1-5-8-14-10-13(12-16-18(21)20(4)19(22)25-16)11-15(23-7-3)17(14)24-9-6-2/h2,5,10-12H,1,7-9H2,3-4H3/b16-12-. The molecule has 0 saturated carbocycles. The van der Waals surface area contributed by atoms with Crippen LogP contribution in [0.3, 0.4) is 0 Å². The van der Waals surface area contributed by atoms with E-state index in [1.54, 1.807) is 18.2 Å². The highest BCUT2D eigenvalue weighted by atomic mass is 32.2. The number of ether oxygens (including phenoxy) is 2. The fourth-order valence-corrected chi connectivity index (χ4v) is 3.14. The second kappa shape index (κ2) is 8.45. The minimum atomic E-state index is -0.314. The Morgan fingerprint density at radius 2 is 2.12 bits per heavy atom. The van der Waals surface area contributed by atoms with E-state index >= 15 is 0 Å². The van der Waals surface area contributed by atoms with Gasteiger partial charge in [0.15, 0.2) is 11.5 Å². The summed E-state index contributed by atoms with van der Waals surface area (Å²) in [6.07, 6.45) is 9.26. The number of hydrogen-bond acceptors (Lipinski definition) is 5. The van der Waals surface area contributed by atoms with Crippen LogP contribution in [0.4, 0.5) is 4.79 Å². The number of hydrogen-bond donors (Lipinski definition) is 0. The van der Waals surface area contributed by atoms with Gasteiger partial charge in [-0.15, -0.1) is 13.0 Å². The Morgan fingerprint density at radius 1 is 1.36 bits per heavy atom. The van der Waals surface area contributed by atoms with E-state index < -0.39 is 0 Å². The molecule has 0 unspecified atom stereocenters. The maximum atomic E-state index is 12.1.